The number of nitrogens with zero attached hydrogens (tertiary/aromatic N) is 1. The molecule has 0 radical (unpaired) electrons. The lowest BCUT2D eigenvalue weighted by molar-refractivity contribution is 1.28. The Labute approximate surface area is 347 Å². The summed E-state index contributed by atoms with van der Waals surface area (Å²) in [7, 11) is 0. The number of anilines is 3. The van der Waals surface area contributed by atoms with Crippen molar-refractivity contribution in [3.8, 4) is 33.4 Å². The maximum absolute atomic E-state index is 4.11. The third-order valence-electron chi connectivity index (χ3n) is 11.1. The van der Waals surface area contributed by atoms with Crippen LogP contribution in [0.15, 0.2) is 249 Å². The topological polar surface area (TPSA) is 3.24 Å². The molecule has 0 aliphatic heterocycles. The molecule has 0 heterocycles. The zero-order chi connectivity index (χ0) is 40.0. The van der Waals surface area contributed by atoms with Crippen molar-refractivity contribution in [2.45, 2.75) is 0 Å². The molecule has 0 unspecified atom stereocenters. The molecule has 0 saturated heterocycles. The minimum atomic E-state index is 1.02. The zero-order valence-corrected chi connectivity index (χ0v) is 32.9. The fourth-order valence-electron chi connectivity index (χ4n) is 8.05. The minimum Gasteiger partial charge on any atom is -0.311 e. The molecule has 0 aromatic heterocycles. The minimum absolute atomic E-state index is 1.02. The van der Waals surface area contributed by atoms with Crippen LogP contribution in [0.5, 0.6) is 0 Å². The van der Waals surface area contributed by atoms with E-state index in [1.54, 1.807) is 0 Å². The summed E-state index contributed by atoms with van der Waals surface area (Å²) >= 11 is 0. The molecule has 0 saturated carbocycles. The van der Waals surface area contributed by atoms with Crippen molar-refractivity contribution in [1.29, 1.82) is 0 Å². The summed E-state index contributed by atoms with van der Waals surface area (Å²) in [6.07, 6.45) is 8.04. The maximum atomic E-state index is 4.11. The van der Waals surface area contributed by atoms with Gasteiger partial charge in [-0.3, -0.25) is 0 Å². The van der Waals surface area contributed by atoms with Crippen molar-refractivity contribution in [1.82, 2.24) is 0 Å². The van der Waals surface area contributed by atoms with Crippen LogP contribution in [-0.2, 0) is 0 Å². The Hall–Kier alpha value is -7.74. The Bertz CT molecular complexity index is 2970. The van der Waals surface area contributed by atoms with Crippen LogP contribution in [0, 0.1) is 0 Å². The third-order valence-corrected chi connectivity index (χ3v) is 11.1. The summed E-state index contributed by atoms with van der Waals surface area (Å²) in [4.78, 5) is 2.33. The predicted molar refractivity (Wildman–Crippen MR) is 255 cm³/mol. The van der Waals surface area contributed by atoms with E-state index in [0.29, 0.717) is 0 Å². The highest BCUT2D eigenvalue weighted by molar-refractivity contribution is 6.13. The number of rotatable bonds is 11. The Balaban J connectivity index is 1.08. The molecular weight excluding hydrogens is 711 g/mol. The first-order valence-electron chi connectivity index (χ1n) is 20.1. The molecule has 9 aromatic rings. The van der Waals surface area contributed by atoms with Gasteiger partial charge < -0.3 is 4.90 Å². The Morgan fingerprint density at radius 2 is 0.898 bits per heavy atom. The smallest absolute Gasteiger partial charge is 0.0462 e. The highest BCUT2D eigenvalue weighted by Crippen LogP contribution is 2.40. The van der Waals surface area contributed by atoms with Gasteiger partial charge in [-0.05, 0) is 126 Å². The van der Waals surface area contributed by atoms with Gasteiger partial charge in [0.2, 0.25) is 0 Å². The van der Waals surface area contributed by atoms with Crippen LogP contribution in [0.4, 0.5) is 17.1 Å². The largest absolute Gasteiger partial charge is 0.311 e. The molecule has 0 fully saturated rings. The Kier molecular flexibility index (Phi) is 10.5. The molecule has 9 aromatic carbocycles. The molecule has 0 aliphatic carbocycles. The van der Waals surface area contributed by atoms with Gasteiger partial charge in [-0.15, -0.1) is 0 Å². The lowest BCUT2D eigenvalue weighted by atomic mass is 9.93. The molecule has 0 bridgehead atoms. The number of benzene rings is 9. The second-order valence-corrected chi connectivity index (χ2v) is 14.6. The second-order valence-electron chi connectivity index (χ2n) is 14.6. The molecule has 0 atom stereocenters. The van der Waals surface area contributed by atoms with Crippen molar-refractivity contribution in [3.05, 3.63) is 260 Å². The molecule has 59 heavy (non-hydrogen) atoms. The highest BCUT2D eigenvalue weighted by atomic mass is 15.1. The van der Waals surface area contributed by atoms with E-state index in [9.17, 15) is 0 Å². The summed E-state index contributed by atoms with van der Waals surface area (Å²) in [5, 5.41) is 5.04. The summed E-state index contributed by atoms with van der Waals surface area (Å²) < 4.78 is 0. The molecule has 1 heteroatoms. The van der Waals surface area contributed by atoms with Crippen LogP contribution >= 0.6 is 0 Å². The van der Waals surface area contributed by atoms with E-state index in [1.165, 1.54) is 54.9 Å². The van der Waals surface area contributed by atoms with Crippen molar-refractivity contribution < 1.29 is 0 Å². The molecule has 0 spiro atoms. The summed E-state index contributed by atoms with van der Waals surface area (Å²) in [5.74, 6) is 0. The summed E-state index contributed by atoms with van der Waals surface area (Å²) in [6, 6.07) is 76.0. The molecule has 9 rings (SSSR count). The van der Waals surface area contributed by atoms with Gasteiger partial charge in [0.05, 0.1) is 0 Å². The van der Waals surface area contributed by atoms with E-state index >= 15 is 0 Å². The first kappa shape index (κ1) is 36.9. The first-order chi connectivity index (χ1) is 29.2. The molecule has 0 N–H and O–H groups in total. The Morgan fingerprint density at radius 3 is 1.53 bits per heavy atom. The normalized spacial score (nSPS) is 11.7. The van der Waals surface area contributed by atoms with E-state index in [-0.39, 0.29) is 0 Å². The van der Waals surface area contributed by atoms with Crippen LogP contribution in [-0.4, -0.2) is 0 Å². The SMILES string of the molecule is C=CC(/C=C/c1ccc(N(c2ccc(-c3cccc(-c4ccccc4)c3)cc2)c2ccc(-c3cc4ccccc4c4ccccc34)cc2)cc1)=C(\C=C)c1ccccc1. The standard InChI is InChI=1S/C58H43N/c1-3-43(54(4-2)46-18-9-6-10-19-46)29-26-42-27-34-51(35-28-42)59(52-36-30-45(31-37-52)49-22-15-21-48(40-49)44-16-7-5-8-17-44)53-38-32-47(33-39-53)58-41-50-20-11-12-23-55(50)56-24-13-14-25-57(56)58/h3-41H,1-2H2/b29-26+,54-43-. The number of hydrogen-bond acceptors (Lipinski definition) is 1. The van der Waals surface area contributed by atoms with Gasteiger partial charge in [0.25, 0.3) is 0 Å². The van der Waals surface area contributed by atoms with Crippen molar-refractivity contribution in [2.75, 3.05) is 4.90 Å². The van der Waals surface area contributed by atoms with Crippen LogP contribution in [0.3, 0.4) is 0 Å². The van der Waals surface area contributed by atoms with Crippen molar-refractivity contribution in [2.24, 2.45) is 0 Å². The lowest BCUT2D eigenvalue weighted by Crippen LogP contribution is -2.09. The maximum Gasteiger partial charge on any atom is 0.0462 e. The van der Waals surface area contributed by atoms with Gasteiger partial charge in [0, 0.05) is 17.1 Å². The van der Waals surface area contributed by atoms with Crippen molar-refractivity contribution in [3.63, 3.8) is 0 Å². The molecule has 0 aliphatic rings. The van der Waals surface area contributed by atoms with Crippen LogP contribution in [0.1, 0.15) is 11.1 Å². The number of hydrogen-bond donors (Lipinski definition) is 0. The van der Waals surface area contributed by atoms with E-state index in [4.69, 9.17) is 0 Å². The average molecular weight is 754 g/mol. The fourth-order valence-corrected chi connectivity index (χ4v) is 8.05. The van der Waals surface area contributed by atoms with E-state index in [1.807, 2.05) is 30.4 Å². The predicted octanol–water partition coefficient (Wildman–Crippen LogP) is 16.3. The van der Waals surface area contributed by atoms with E-state index in [0.717, 1.165) is 39.3 Å². The molecular formula is C58H43N. The van der Waals surface area contributed by atoms with E-state index < -0.39 is 0 Å². The van der Waals surface area contributed by atoms with Gasteiger partial charge in [-0.25, -0.2) is 0 Å². The van der Waals surface area contributed by atoms with Gasteiger partial charge in [-0.2, -0.15) is 0 Å². The number of fused-ring (bicyclic) bond motifs is 3. The molecule has 1 nitrogen and oxygen atoms in total. The number of allylic oxidation sites excluding steroid dienone is 5. The average Bonchev–Trinajstić information content (AvgIpc) is 3.32. The fraction of sp³-hybridized carbons (Fsp3) is 0. The van der Waals surface area contributed by atoms with Gasteiger partial charge in [0.15, 0.2) is 0 Å². The van der Waals surface area contributed by atoms with Crippen LogP contribution in [0.25, 0.3) is 66.6 Å². The van der Waals surface area contributed by atoms with Crippen LogP contribution < -0.4 is 4.90 Å². The lowest BCUT2D eigenvalue weighted by Gasteiger charge is -2.26. The second kappa shape index (κ2) is 16.8. The first-order valence-corrected chi connectivity index (χ1v) is 20.1. The highest BCUT2D eigenvalue weighted by Gasteiger charge is 2.15. The quantitative estimate of drug-likeness (QED) is 0.0939. The third kappa shape index (κ3) is 7.70. The molecule has 280 valence electrons. The van der Waals surface area contributed by atoms with Crippen LogP contribution in [0.2, 0.25) is 0 Å². The van der Waals surface area contributed by atoms with Gasteiger partial charge >= 0.3 is 0 Å². The van der Waals surface area contributed by atoms with Crippen molar-refractivity contribution >= 4 is 50.3 Å². The Morgan fingerprint density at radius 1 is 0.390 bits per heavy atom. The summed E-state index contributed by atoms with van der Waals surface area (Å²) in [6.45, 7) is 8.20. The summed E-state index contributed by atoms with van der Waals surface area (Å²) in [5.41, 5.74) is 14.7. The van der Waals surface area contributed by atoms with Gasteiger partial charge in [0.1, 0.15) is 0 Å². The van der Waals surface area contributed by atoms with Gasteiger partial charge in [-0.1, -0.05) is 201 Å². The zero-order valence-electron chi connectivity index (χ0n) is 32.9. The monoisotopic (exact) mass is 753 g/mol. The molecule has 0 amide bonds. The van der Waals surface area contributed by atoms with E-state index in [2.05, 4.69) is 224 Å².